The molecule has 1 aromatic heterocycles. The van der Waals surface area contributed by atoms with Crippen LogP contribution in [0.4, 0.5) is 10.5 Å². The minimum absolute atomic E-state index is 0.177. The number of aryl methyl sites for hydroxylation is 3. The molecule has 4 rings (SSSR count). The lowest BCUT2D eigenvalue weighted by molar-refractivity contribution is 0.257. The topological polar surface area (TPSA) is 54.3 Å². The van der Waals surface area contributed by atoms with Gasteiger partial charge in [0.15, 0.2) is 5.09 Å². The van der Waals surface area contributed by atoms with Crippen molar-refractivity contribution in [2.75, 3.05) is 5.32 Å². The summed E-state index contributed by atoms with van der Waals surface area (Å²) in [4.78, 5) is 12.4. The van der Waals surface area contributed by atoms with Gasteiger partial charge in [-0.15, -0.1) is 0 Å². The Morgan fingerprint density at radius 2 is 1.83 bits per heavy atom. The minimum atomic E-state index is -0.177. The van der Waals surface area contributed by atoms with E-state index in [1.165, 1.54) is 47.0 Å². The van der Waals surface area contributed by atoms with Crippen molar-refractivity contribution in [2.24, 2.45) is 0 Å². The highest BCUT2D eigenvalue weighted by molar-refractivity contribution is 7.97. The van der Waals surface area contributed by atoms with E-state index in [0.29, 0.717) is 5.09 Å². The molecule has 2 amide bonds. The fraction of sp³-hybridized carbons (Fsp3) is 0.421. The van der Waals surface area contributed by atoms with Gasteiger partial charge in [-0.2, -0.15) is 0 Å². The van der Waals surface area contributed by atoms with Gasteiger partial charge in [-0.25, -0.2) is 4.79 Å². The molecule has 0 unspecified atom stereocenters. The van der Waals surface area contributed by atoms with Gasteiger partial charge in [0, 0.05) is 24.1 Å². The Morgan fingerprint density at radius 1 is 1.12 bits per heavy atom. The van der Waals surface area contributed by atoms with Crippen molar-refractivity contribution in [3.63, 3.8) is 0 Å². The number of furan rings is 1. The SMILES string of the molecule is CCc1ccc(SNC(=O)Nc2c3c(cc4c2CCC4)CCC3)o1. The predicted octanol–water partition coefficient (Wildman–Crippen LogP) is 4.65. The van der Waals surface area contributed by atoms with E-state index in [1.807, 2.05) is 19.1 Å². The molecule has 1 heterocycles. The number of amides is 2. The van der Waals surface area contributed by atoms with E-state index in [0.717, 1.165) is 43.6 Å². The summed E-state index contributed by atoms with van der Waals surface area (Å²) in [7, 11) is 0. The molecular weight excluding hydrogens is 320 g/mol. The van der Waals surface area contributed by atoms with Crippen LogP contribution in [0.5, 0.6) is 0 Å². The highest BCUT2D eigenvalue weighted by Gasteiger charge is 2.24. The van der Waals surface area contributed by atoms with Gasteiger partial charge in [-0.1, -0.05) is 13.0 Å². The Labute approximate surface area is 146 Å². The van der Waals surface area contributed by atoms with Crippen LogP contribution in [0.25, 0.3) is 0 Å². The first kappa shape index (κ1) is 15.6. The Kier molecular flexibility index (Phi) is 4.27. The van der Waals surface area contributed by atoms with E-state index in [4.69, 9.17) is 4.42 Å². The van der Waals surface area contributed by atoms with E-state index in [-0.39, 0.29) is 6.03 Å². The quantitative estimate of drug-likeness (QED) is 0.795. The third-order valence-electron chi connectivity index (χ3n) is 4.94. The molecule has 0 fully saturated rings. The molecule has 4 nitrogen and oxygen atoms in total. The van der Waals surface area contributed by atoms with Crippen LogP contribution in [0.15, 0.2) is 27.7 Å². The van der Waals surface area contributed by atoms with E-state index < -0.39 is 0 Å². The van der Waals surface area contributed by atoms with Crippen LogP contribution in [-0.4, -0.2) is 6.03 Å². The second-order valence-electron chi connectivity index (χ2n) is 6.47. The van der Waals surface area contributed by atoms with Gasteiger partial charge in [0.05, 0.1) is 0 Å². The molecule has 0 aliphatic heterocycles. The Morgan fingerprint density at radius 3 is 2.46 bits per heavy atom. The van der Waals surface area contributed by atoms with E-state index in [1.54, 1.807) is 0 Å². The summed E-state index contributed by atoms with van der Waals surface area (Å²) >= 11 is 1.22. The zero-order valence-electron chi connectivity index (χ0n) is 13.9. The summed E-state index contributed by atoms with van der Waals surface area (Å²) in [6, 6.07) is 6.03. The van der Waals surface area contributed by atoms with Crippen molar-refractivity contribution in [3.8, 4) is 0 Å². The summed E-state index contributed by atoms with van der Waals surface area (Å²) in [6.45, 7) is 2.05. The molecule has 0 spiro atoms. The zero-order valence-corrected chi connectivity index (χ0v) is 14.7. The third kappa shape index (κ3) is 2.93. The number of hydrogen-bond acceptors (Lipinski definition) is 3. The van der Waals surface area contributed by atoms with Crippen molar-refractivity contribution in [3.05, 3.63) is 46.2 Å². The van der Waals surface area contributed by atoms with Crippen molar-refractivity contribution >= 4 is 23.7 Å². The number of anilines is 1. The standard InChI is InChI=1S/C19H22N2O2S/c1-2-14-9-10-17(23-14)24-21-19(22)20-18-15-7-3-5-12(15)11-13-6-4-8-16(13)18/h9-11H,2-8H2,1H3,(H2,20,21,22). The monoisotopic (exact) mass is 342 g/mol. The smallest absolute Gasteiger partial charge is 0.329 e. The summed E-state index contributed by atoms with van der Waals surface area (Å²) in [5.41, 5.74) is 6.63. The van der Waals surface area contributed by atoms with Crippen LogP contribution >= 0.6 is 11.9 Å². The predicted molar refractivity (Wildman–Crippen MR) is 96.6 cm³/mol. The number of urea groups is 1. The van der Waals surface area contributed by atoms with Gasteiger partial charge in [0.25, 0.3) is 0 Å². The fourth-order valence-electron chi connectivity index (χ4n) is 3.81. The lowest BCUT2D eigenvalue weighted by atomic mass is 9.99. The first-order valence-corrected chi connectivity index (χ1v) is 9.55. The number of hydrogen-bond donors (Lipinski definition) is 2. The summed E-state index contributed by atoms with van der Waals surface area (Å²) in [6.07, 6.45) is 7.66. The van der Waals surface area contributed by atoms with Crippen molar-refractivity contribution in [2.45, 2.75) is 57.0 Å². The van der Waals surface area contributed by atoms with Gasteiger partial charge >= 0.3 is 6.03 Å². The zero-order chi connectivity index (χ0) is 16.5. The van der Waals surface area contributed by atoms with Gasteiger partial charge < -0.3 is 9.73 Å². The van der Waals surface area contributed by atoms with E-state index in [9.17, 15) is 4.79 Å². The molecule has 0 atom stereocenters. The number of nitrogens with one attached hydrogen (secondary N) is 2. The van der Waals surface area contributed by atoms with Gasteiger partial charge in [-0.05, 0) is 72.9 Å². The molecule has 0 saturated carbocycles. The molecular formula is C19H22N2O2S. The number of benzene rings is 1. The normalized spacial score (nSPS) is 15.2. The van der Waals surface area contributed by atoms with E-state index in [2.05, 4.69) is 16.1 Å². The highest BCUT2D eigenvalue weighted by Crippen LogP contribution is 2.38. The molecule has 0 saturated heterocycles. The summed E-state index contributed by atoms with van der Waals surface area (Å²) in [5, 5.41) is 3.83. The highest BCUT2D eigenvalue weighted by atomic mass is 32.2. The summed E-state index contributed by atoms with van der Waals surface area (Å²) in [5.74, 6) is 0.929. The van der Waals surface area contributed by atoms with Gasteiger partial charge in [0.2, 0.25) is 0 Å². The molecule has 1 aromatic carbocycles. The van der Waals surface area contributed by atoms with Crippen molar-refractivity contribution in [1.82, 2.24) is 4.72 Å². The van der Waals surface area contributed by atoms with Gasteiger partial charge in [0.1, 0.15) is 5.76 Å². The average Bonchev–Trinajstić information content (AvgIpc) is 3.32. The van der Waals surface area contributed by atoms with Crippen LogP contribution < -0.4 is 10.0 Å². The lowest BCUT2D eigenvalue weighted by Crippen LogP contribution is -2.24. The molecule has 0 bridgehead atoms. The van der Waals surface area contributed by atoms with Crippen LogP contribution in [0, 0.1) is 0 Å². The van der Waals surface area contributed by atoms with Crippen molar-refractivity contribution in [1.29, 1.82) is 0 Å². The Bertz CT molecular complexity index is 750. The first-order valence-electron chi connectivity index (χ1n) is 8.73. The largest absolute Gasteiger partial charge is 0.453 e. The molecule has 2 N–H and O–H groups in total. The second kappa shape index (κ2) is 6.55. The maximum atomic E-state index is 12.4. The second-order valence-corrected chi connectivity index (χ2v) is 7.28. The molecule has 126 valence electrons. The lowest BCUT2D eigenvalue weighted by Gasteiger charge is -2.16. The number of carbonyl (C=O) groups excluding carboxylic acids is 1. The first-order chi connectivity index (χ1) is 11.7. The van der Waals surface area contributed by atoms with Gasteiger partial charge in [-0.3, -0.25) is 4.72 Å². The molecule has 2 aromatic rings. The maximum absolute atomic E-state index is 12.4. The van der Waals surface area contributed by atoms with Crippen LogP contribution in [-0.2, 0) is 32.1 Å². The summed E-state index contributed by atoms with van der Waals surface area (Å²) < 4.78 is 8.44. The Hall–Kier alpha value is -1.88. The fourth-order valence-corrected chi connectivity index (χ4v) is 4.34. The van der Waals surface area contributed by atoms with Crippen LogP contribution in [0.3, 0.4) is 0 Å². The van der Waals surface area contributed by atoms with Crippen molar-refractivity contribution < 1.29 is 9.21 Å². The number of fused-ring (bicyclic) bond motifs is 2. The molecule has 5 heteroatoms. The number of carbonyl (C=O) groups is 1. The molecule has 0 radical (unpaired) electrons. The molecule has 2 aliphatic rings. The van der Waals surface area contributed by atoms with Crippen LogP contribution in [0.2, 0.25) is 0 Å². The number of rotatable bonds is 4. The minimum Gasteiger partial charge on any atom is -0.453 e. The maximum Gasteiger partial charge on any atom is 0.329 e. The Balaban J connectivity index is 1.48. The van der Waals surface area contributed by atoms with E-state index >= 15 is 0 Å². The molecule has 2 aliphatic carbocycles. The third-order valence-corrected chi connectivity index (χ3v) is 5.65. The van der Waals surface area contributed by atoms with Crippen LogP contribution in [0.1, 0.15) is 47.8 Å². The molecule has 24 heavy (non-hydrogen) atoms. The average molecular weight is 342 g/mol.